The first-order chi connectivity index (χ1) is 6.34. The van der Waals surface area contributed by atoms with E-state index in [1.54, 1.807) is 11.1 Å². The zero-order valence-corrected chi connectivity index (χ0v) is 7.81. The lowest BCUT2D eigenvalue weighted by molar-refractivity contribution is -0.119. The quantitative estimate of drug-likeness (QED) is 0.561. The molecule has 1 aliphatic heterocycles. The van der Waals surface area contributed by atoms with Gasteiger partial charge in [-0.15, -0.1) is 0 Å². The molecule has 0 saturated carbocycles. The number of hydrogen-bond donors (Lipinski definition) is 1. The van der Waals surface area contributed by atoms with Gasteiger partial charge in [0, 0.05) is 6.42 Å². The van der Waals surface area contributed by atoms with E-state index in [4.69, 9.17) is 0 Å². The molecule has 0 aromatic heterocycles. The van der Waals surface area contributed by atoms with Crippen molar-refractivity contribution in [1.82, 2.24) is 5.32 Å². The SMILES string of the molecule is O=C1CC2CC3=C(CCCC3)C2N1. The Kier molecular flexibility index (Phi) is 1.52. The molecule has 2 aliphatic carbocycles. The average Bonchev–Trinajstić information content (AvgIpc) is 2.60. The van der Waals surface area contributed by atoms with Gasteiger partial charge in [-0.2, -0.15) is 0 Å². The van der Waals surface area contributed by atoms with Crippen molar-refractivity contribution in [2.45, 2.75) is 44.6 Å². The Hall–Kier alpha value is -0.790. The number of carbonyl (C=O) groups is 1. The van der Waals surface area contributed by atoms with Gasteiger partial charge in [-0.05, 0) is 43.6 Å². The molecule has 0 bridgehead atoms. The lowest BCUT2D eigenvalue weighted by Gasteiger charge is -2.18. The highest BCUT2D eigenvalue weighted by molar-refractivity contribution is 5.80. The summed E-state index contributed by atoms with van der Waals surface area (Å²) in [6, 6.07) is 0.447. The van der Waals surface area contributed by atoms with E-state index in [1.807, 2.05) is 0 Å². The van der Waals surface area contributed by atoms with Crippen LogP contribution in [-0.2, 0) is 4.79 Å². The molecule has 0 radical (unpaired) electrons. The van der Waals surface area contributed by atoms with E-state index in [9.17, 15) is 4.79 Å². The fraction of sp³-hybridized carbons (Fsp3) is 0.727. The normalized spacial score (nSPS) is 37.4. The molecule has 3 rings (SSSR count). The van der Waals surface area contributed by atoms with Crippen LogP contribution < -0.4 is 5.32 Å². The minimum absolute atomic E-state index is 0.270. The van der Waals surface area contributed by atoms with E-state index in [-0.39, 0.29) is 5.91 Å². The number of nitrogens with one attached hydrogen (secondary N) is 1. The van der Waals surface area contributed by atoms with Gasteiger partial charge in [-0.3, -0.25) is 4.79 Å². The first kappa shape index (κ1) is 7.60. The summed E-state index contributed by atoms with van der Waals surface area (Å²) >= 11 is 0. The molecule has 2 atom stereocenters. The van der Waals surface area contributed by atoms with E-state index in [0.717, 1.165) is 6.42 Å². The van der Waals surface area contributed by atoms with Crippen LogP contribution in [0.3, 0.4) is 0 Å². The summed E-state index contributed by atoms with van der Waals surface area (Å²) in [4.78, 5) is 11.2. The second-order valence-corrected chi connectivity index (χ2v) is 4.55. The molecule has 1 fully saturated rings. The summed E-state index contributed by atoms with van der Waals surface area (Å²) in [5.74, 6) is 0.891. The van der Waals surface area contributed by atoms with Crippen LogP contribution in [0.15, 0.2) is 11.1 Å². The van der Waals surface area contributed by atoms with Gasteiger partial charge >= 0.3 is 0 Å². The van der Waals surface area contributed by atoms with Crippen LogP contribution in [0.2, 0.25) is 0 Å². The Morgan fingerprint density at radius 2 is 2.00 bits per heavy atom. The number of carbonyl (C=O) groups excluding carboxylic acids is 1. The van der Waals surface area contributed by atoms with Gasteiger partial charge in [-0.25, -0.2) is 0 Å². The van der Waals surface area contributed by atoms with Crippen molar-refractivity contribution in [3.8, 4) is 0 Å². The van der Waals surface area contributed by atoms with Crippen molar-refractivity contribution in [2.24, 2.45) is 5.92 Å². The maximum absolute atomic E-state index is 11.2. The maximum Gasteiger partial charge on any atom is 0.220 e. The zero-order valence-electron chi connectivity index (χ0n) is 7.81. The lowest BCUT2D eigenvalue weighted by atomic mass is 9.92. The van der Waals surface area contributed by atoms with Gasteiger partial charge in [-0.1, -0.05) is 5.57 Å². The third kappa shape index (κ3) is 1.04. The number of amides is 1. The number of fused-ring (bicyclic) bond motifs is 2. The molecule has 0 aromatic rings. The molecule has 1 amide bonds. The second kappa shape index (κ2) is 2.60. The minimum Gasteiger partial charge on any atom is -0.349 e. The van der Waals surface area contributed by atoms with E-state index in [0.29, 0.717) is 12.0 Å². The maximum atomic E-state index is 11.2. The first-order valence-electron chi connectivity index (χ1n) is 5.35. The largest absolute Gasteiger partial charge is 0.349 e. The Balaban J connectivity index is 1.90. The standard InChI is InChI=1S/C11H15NO/c13-10-6-8-5-7-3-1-2-4-9(7)11(8)12-10/h8,11H,1-6H2,(H,12,13). The fourth-order valence-corrected chi connectivity index (χ4v) is 3.18. The van der Waals surface area contributed by atoms with Gasteiger partial charge in [0.15, 0.2) is 0 Å². The van der Waals surface area contributed by atoms with E-state index in [1.165, 1.54) is 32.1 Å². The molecule has 1 heterocycles. The van der Waals surface area contributed by atoms with Crippen molar-refractivity contribution in [1.29, 1.82) is 0 Å². The van der Waals surface area contributed by atoms with Crippen LogP contribution in [0, 0.1) is 5.92 Å². The Labute approximate surface area is 78.4 Å². The lowest BCUT2D eigenvalue weighted by Crippen LogP contribution is -2.28. The third-order valence-corrected chi connectivity index (χ3v) is 3.75. The molecule has 3 aliphatic rings. The van der Waals surface area contributed by atoms with E-state index < -0.39 is 0 Å². The van der Waals surface area contributed by atoms with Crippen LogP contribution >= 0.6 is 0 Å². The van der Waals surface area contributed by atoms with E-state index >= 15 is 0 Å². The molecular formula is C11H15NO. The summed E-state index contributed by atoms with van der Waals surface area (Å²) in [6.45, 7) is 0. The number of rotatable bonds is 0. The molecule has 1 saturated heterocycles. The summed E-state index contributed by atoms with van der Waals surface area (Å²) < 4.78 is 0. The van der Waals surface area contributed by atoms with Crippen LogP contribution in [-0.4, -0.2) is 11.9 Å². The number of hydrogen-bond acceptors (Lipinski definition) is 1. The van der Waals surface area contributed by atoms with E-state index in [2.05, 4.69) is 5.32 Å². The Morgan fingerprint density at radius 3 is 2.92 bits per heavy atom. The van der Waals surface area contributed by atoms with Gasteiger partial charge in [0.25, 0.3) is 0 Å². The van der Waals surface area contributed by atoms with Crippen LogP contribution in [0.4, 0.5) is 0 Å². The summed E-state index contributed by atoms with van der Waals surface area (Å²) in [5, 5.41) is 3.12. The average molecular weight is 177 g/mol. The second-order valence-electron chi connectivity index (χ2n) is 4.55. The Morgan fingerprint density at radius 1 is 1.15 bits per heavy atom. The van der Waals surface area contributed by atoms with Gasteiger partial charge in [0.05, 0.1) is 6.04 Å². The van der Waals surface area contributed by atoms with Crippen molar-refractivity contribution in [3.05, 3.63) is 11.1 Å². The predicted molar refractivity (Wildman–Crippen MR) is 50.1 cm³/mol. The van der Waals surface area contributed by atoms with Gasteiger partial charge in [0.2, 0.25) is 5.91 Å². The molecule has 0 aromatic carbocycles. The highest BCUT2D eigenvalue weighted by Crippen LogP contribution is 2.43. The smallest absolute Gasteiger partial charge is 0.220 e. The summed E-state index contributed by atoms with van der Waals surface area (Å²) in [7, 11) is 0. The molecule has 2 nitrogen and oxygen atoms in total. The van der Waals surface area contributed by atoms with Gasteiger partial charge in [0.1, 0.15) is 0 Å². The Bertz CT molecular complexity index is 292. The highest BCUT2D eigenvalue weighted by Gasteiger charge is 2.41. The molecular weight excluding hydrogens is 162 g/mol. The van der Waals surface area contributed by atoms with Crippen LogP contribution in [0.25, 0.3) is 0 Å². The fourth-order valence-electron chi connectivity index (χ4n) is 3.18. The molecule has 2 unspecified atom stereocenters. The minimum atomic E-state index is 0.270. The van der Waals surface area contributed by atoms with Gasteiger partial charge < -0.3 is 5.32 Å². The van der Waals surface area contributed by atoms with Crippen molar-refractivity contribution >= 4 is 5.91 Å². The molecule has 0 spiro atoms. The van der Waals surface area contributed by atoms with Crippen LogP contribution in [0.1, 0.15) is 38.5 Å². The summed E-state index contributed by atoms with van der Waals surface area (Å²) in [6.07, 6.45) is 7.23. The zero-order chi connectivity index (χ0) is 8.84. The van der Waals surface area contributed by atoms with Crippen molar-refractivity contribution in [2.75, 3.05) is 0 Å². The molecule has 2 heteroatoms. The molecule has 13 heavy (non-hydrogen) atoms. The first-order valence-corrected chi connectivity index (χ1v) is 5.35. The molecule has 1 N–H and O–H groups in total. The topological polar surface area (TPSA) is 29.1 Å². The molecule has 70 valence electrons. The van der Waals surface area contributed by atoms with Crippen LogP contribution in [0.5, 0.6) is 0 Å². The number of allylic oxidation sites excluding steroid dienone is 1. The third-order valence-electron chi connectivity index (χ3n) is 3.75. The monoisotopic (exact) mass is 177 g/mol. The van der Waals surface area contributed by atoms with Crippen molar-refractivity contribution in [3.63, 3.8) is 0 Å². The van der Waals surface area contributed by atoms with Crippen molar-refractivity contribution < 1.29 is 4.79 Å². The summed E-state index contributed by atoms with van der Waals surface area (Å²) in [5.41, 5.74) is 3.28. The highest BCUT2D eigenvalue weighted by atomic mass is 16.2. The predicted octanol–water partition coefficient (Wildman–Crippen LogP) is 1.77.